The average Bonchev–Trinajstić information content (AvgIpc) is 2.55. The highest BCUT2D eigenvalue weighted by Crippen LogP contribution is 2.36. The van der Waals surface area contributed by atoms with Gasteiger partial charge in [0.05, 0.1) is 6.61 Å². The number of carbonyl (C=O) groups excluding carboxylic acids is 2. The minimum Gasteiger partial charge on any atom is -0.493 e. The number of ketones is 2. The average molecular weight is 375 g/mol. The standard InChI is InChI=1S/C22H34O3Si/c1-17(23)13-14-19-18-10-9-12-22(19)25-15-8-6-5-7-11-21(24)20(18)16-26(2,3)4/h9-10,12,20H,5-8,11,13-16H2,1-4H3/t20-/m0/s1. The van der Waals surface area contributed by atoms with E-state index in [9.17, 15) is 9.59 Å². The maximum atomic E-state index is 13.1. The Morgan fingerprint density at radius 1 is 1.15 bits per heavy atom. The molecule has 2 rings (SSSR count). The molecule has 2 bridgehead atoms. The molecule has 0 amide bonds. The van der Waals surface area contributed by atoms with E-state index < -0.39 is 8.07 Å². The van der Waals surface area contributed by atoms with E-state index in [2.05, 4.69) is 25.7 Å². The van der Waals surface area contributed by atoms with E-state index in [1.807, 2.05) is 12.1 Å². The summed E-state index contributed by atoms with van der Waals surface area (Å²) in [6.07, 6.45) is 6.03. The van der Waals surface area contributed by atoms with Crippen LogP contribution in [0.4, 0.5) is 0 Å². The summed E-state index contributed by atoms with van der Waals surface area (Å²) in [6.45, 7) is 9.32. The number of rotatable bonds is 5. The quantitative estimate of drug-likeness (QED) is 0.635. The zero-order chi connectivity index (χ0) is 19.2. The number of fused-ring (bicyclic) bond motifs is 2. The van der Waals surface area contributed by atoms with E-state index in [1.54, 1.807) is 6.92 Å². The van der Waals surface area contributed by atoms with Crippen molar-refractivity contribution in [3.63, 3.8) is 0 Å². The maximum absolute atomic E-state index is 13.1. The minimum atomic E-state index is -1.42. The molecule has 1 aliphatic heterocycles. The first-order valence-electron chi connectivity index (χ1n) is 10.0. The van der Waals surface area contributed by atoms with Gasteiger partial charge in [0.2, 0.25) is 0 Å². The van der Waals surface area contributed by atoms with Gasteiger partial charge in [0, 0.05) is 26.8 Å². The van der Waals surface area contributed by atoms with E-state index in [1.165, 1.54) is 0 Å². The Kier molecular flexibility index (Phi) is 7.63. The van der Waals surface area contributed by atoms with Crippen molar-refractivity contribution in [2.45, 2.75) is 83.5 Å². The molecular weight excluding hydrogens is 340 g/mol. The van der Waals surface area contributed by atoms with Crippen LogP contribution in [-0.2, 0) is 16.0 Å². The third-order valence-electron chi connectivity index (χ3n) is 5.05. The molecule has 0 N–H and O–H groups in total. The van der Waals surface area contributed by atoms with Gasteiger partial charge < -0.3 is 9.53 Å². The number of hydrogen-bond acceptors (Lipinski definition) is 3. The molecule has 4 heteroatoms. The molecule has 1 aromatic carbocycles. The van der Waals surface area contributed by atoms with Crippen molar-refractivity contribution in [2.24, 2.45) is 0 Å². The summed E-state index contributed by atoms with van der Waals surface area (Å²) in [7, 11) is -1.42. The summed E-state index contributed by atoms with van der Waals surface area (Å²) in [5.41, 5.74) is 2.19. The second kappa shape index (κ2) is 9.49. The molecule has 1 atom stereocenters. The van der Waals surface area contributed by atoms with E-state index in [4.69, 9.17) is 4.74 Å². The normalized spacial score (nSPS) is 19.2. The van der Waals surface area contributed by atoms with Crippen LogP contribution in [0.25, 0.3) is 0 Å². The molecule has 0 saturated heterocycles. The van der Waals surface area contributed by atoms with Crippen LogP contribution in [0, 0.1) is 0 Å². The molecule has 0 unspecified atom stereocenters. The van der Waals surface area contributed by atoms with Crippen LogP contribution in [-0.4, -0.2) is 26.2 Å². The molecule has 26 heavy (non-hydrogen) atoms. The molecule has 144 valence electrons. The molecule has 0 spiro atoms. The summed E-state index contributed by atoms with van der Waals surface area (Å²) in [6, 6.07) is 7.07. The van der Waals surface area contributed by atoms with Crippen LogP contribution in [0.1, 0.15) is 62.5 Å². The van der Waals surface area contributed by atoms with Crippen LogP contribution in [0.3, 0.4) is 0 Å². The number of Topliss-reactive ketones (excluding diaryl/α,β-unsaturated/α-hetero) is 2. The van der Waals surface area contributed by atoms with E-state index in [0.717, 1.165) is 48.6 Å². The molecule has 0 aliphatic carbocycles. The highest BCUT2D eigenvalue weighted by Gasteiger charge is 2.30. The lowest BCUT2D eigenvalue weighted by atomic mass is 9.87. The Labute approximate surface area is 159 Å². The SMILES string of the molecule is CC(=O)CCc1c2cccc1[C@H](C[Si](C)(C)C)C(=O)CCCCCCO2. The van der Waals surface area contributed by atoms with Gasteiger partial charge in [0.15, 0.2) is 0 Å². The van der Waals surface area contributed by atoms with Gasteiger partial charge in [-0.2, -0.15) is 0 Å². The highest BCUT2D eigenvalue weighted by molar-refractivity contribution is 6.76. The van der Waals surface area contributed by atoms with Crippen LogP contribution >= 0.6 is 0 Å². The monoisotopic (exact) mass is 374 g/mol. The Hall–Kier alpha value is -1.42. The smallest absolute Gasteiger partial charge is 0.140 e. The van der Waals surface area contributed by atoms with Crippen LogP contribution in [0.2, 0.25) is 25.7 Å². The van der Waals surface area contributed by atoms with Crippen LogP contribution in [0.5, 0.6) is 5.75 Å². The summed E-state index contributed by atoms with van der Waals surface area (Å²) in [5, 5.41) is 0. The fourth-order valence-corrected chi connectivity index (χ4v) is 5.41. The zero-order valence-corrected chi connectivity index (χ0v) is 17.9. The molecular formula is C22H34O3Si. The van der Waals surface area contributed by atoms with Crippen molar-refractivity contribution in [1.29, 1.82) is 0 Å². The second-order valence-electron chi connectivity index (χ2n) is 8.82. The lowest BCUT2D eigenvalue weighted by Gasteiger charge is -2.27. The third-order valence-corrected chi connectivity index (χ3v) is 6.68. The summed E-state index contributed by atoms with van der Waals surface area (Å²) in [4.78, 5) is 24.7. The zero-order valence-electron chi connectivity index (χ0n) is 16.9. The molecule has 0 saturated carbocycles. The minimum absolute atomic E-state index is 0.0494. The fraction of sp³-hybridized carbons (Fsp3) is 0.636. The Morgan fingerprint density at radius 3 is 2.58 bits per heavy atom. The van der Waals surface area contributed by atoms with Crippen molar-refractivity contribution in [3.05, 3.63) is 29.3 Å². The van der Waals surface area contributed by atoms with Crippen molar-refractivity contribution in [2.75, 3.05) is 6.61 Å². The Morgan fingerprint density at radius 2 is 1.88 bits per heavy atom. The van der Waals surface area contributed by atoms with Gasteiger partial charge in [-0.1, -0.05) is 44.6 Å². The van der Waals surface area contributed by atoms with Crippen molar-refractivity contribution in [3.8, 4) is 5.75 Å². The molecule has 1 aliphatic rings. The van der Waals surface area contributed by atoms with Gasteiger partial charge in [0.1, 0.15) is 17.3 Å². The van der Waals surface area contributed by atoms with Crippen molar-refractivity contribution < 1.29 is 14.3 Å². The number of ether oxygens (including phenoxy) is 1. The second-order valence-corrected chi connectivity index (χ2v) is 14.4. The van der Waals surface area contributed by atoms with E-state index in [-0.39, 0.29) is 11.7 Å². The molecule has 0 fully saturated rings. The van der Waals surface area contributed by atoms with Crippen molar-refractivity contribution >= 4 is 19.6 Å². The van der Waals surface area contributed by atoms with Gasteiger partial charge in [-0.25, -0.2) is 0 Å². The predicted molar refractivity (Wildman–Crippen MR) is 110 cm³/mol. The van der Waals surface area contributed by atoms with Crippen LogP contribution < -0.4 is 4.74 Å². The molecule has 1 heterocycles. The number of benzene rings is 1. The van der Waals surface area contributed by atoms with Gasteiger partial charge >= 0.3 is 0 Å². The van der Waals surface area contributed by atoms with Gasteiger partial charge in [0.25, 0.3) is 0 Å². The highest BCUT2D eigenvalue weighted by atomic mass is 28.3. The van der Waals surface area contributed by atoms with Gasteiger partial charge in [-0.15, -0.1) is 0 Å². The largest absolute Gasteiger partial charge is 0.493 e. The number of carbonyl (C=O) groups is 2. The first kappa shape index (κ1) is 20.9. The maximum Gasteiger partial charge on any atom is 0.140 e. The first-order valence-corrected chi connectivity index (χ1v) is 13.8. The van der Waals surface area contributed by atoms with Crippen molar-refractivity contribution in [1.82, 2.24) is 0 Å². The lowest BCUT2D eigenvalue weighted by molar-refractivity contribution is -0.120. The lowest BCUT2D eigenvalue weighted by Crippen LogP contribution is -2.28. The number of hydrogen-bond donors (Lipinski definition) is 0. The predicted octanol–water partition coefficient (Wildman–Crippen LogP) is 5.54. The molecule has 0 aromatic heterocycles. The third kappa shape index (κ3) is 6.38. The first-order chi connectivity index (χ1) is 12.3. The van der Waals surface area contributed by atoms with Gasteiger partial charge in [-0.05, 0) is 49.4 Å². The summed E-state index contributed by atoms with van der Waals surface area (Å²) < 4.78 is 6.09. The fourth-order valence-electron chi connectivity index (χ4n) is 3.73. The molecule has 3 nitrogen and oxygen atoms in total. The summed E-state index contributed by atoms with van der Waals surface area (Å²) in [5.74, 6) is 1.37. The van der Waals surface area contributed by atoms with E-state index in [0.29, 0.717) is 31.7 Å². The van der Waals surface area contributed by atoms with Crippen LogP contribution in [0.15, 0.2) is 18.2 Å². The Bertz CT molecular complexity index is 631. The Balaban J connectivity index is 2.47. The van der Waals surface area contributed by atoms with Gasteiger partial charge in [-0.3, -0.25) is 4.79 Å². The molecule has 1 aromatic rings. The summed E-state index contributed by atoms with van der Waals surface area (Å²) >= 11 is 0. The van der Waals surface area contributed by atoms with E-state index >= 15 is 0 Å². The topological polar surface area (TPSA) is 43.4 Å². The molecule has 0 radical (unpaired) electrons.